The van der Waals surface area contributed by atoms with Gasteiger partial charge in [0, 0.05) is 24.0 Å². The van der Waals surface area contributed by atoms with Crippen LogP contribution in [0.5, 0.6) is 0 Å². The minimum atomic E-state index is -0.354. The van der Waals surface area contributed by atoms with E-state index < -0.39 is 0 Å². The number of rotatable bonds is 5. The van der Waals surface area contributed by atoms with E-state index in [9.17, 15) is 4.79 Å². The Balaban J connectivity index is 1.47. The smallest absolute Gasteiger partial charge is 0.308 e. The number of hydrogen-bond acceptors (Lipinski definition) is 6. The fourth-order valence-corrected chi connectivity index (χ4v) is 3.35. The quantitative estimate of drug-likeness (QED) is 0.758. The summed E-state index contributed by atoms with van der Waals surface area (Å²) in [5, 5.41) is 11.7. The number of aryl methyl sites for hydroxylation is 2. The Morgan fingerprint density at radius 3 is 2.81 bits per heavy atom. The van der Waals surface area contributed by atoms with Crippen LogP contribution < -0.4 is 5.32 Å². The average Bonchev–Trinajstić information content (AvgIpc) is 3.36. The zero-order valence-electron chi connectivity index (χ0n) is 15.0. The summed E-state index contributed by atoms with van der Waals surface area (Å²) in [4.78, 5) is 14.5. The van der Waals surface area contributed by atoms with Gasteiger partial charge in [0.1, 0.15) is 5.58 Å². The van der Waals surface area contributed by atoms with E-state index in [2.05, 4.69) is 26.5 Å². The number of amides is 1. The standard InChI is InChI=1S/C19H22N4O3/c1-12-5-6-15-14(11-12)13(2)16(25-15)18-21-22-19(26-18)17(24)20-7-10-23-8-3-4-9-23/h5-6,11H,3-4,7-10H2,1-2H3,(H,20,24). The monoisotopic (exact) mass is 354 g/mol. The number of carbonyl (C=O) groups excluding carboxylic acids is 1. The summed E-state index contributed by atoms with van der Waals surface area (Å²) in [6, 6.07) is 5.96. The van der Waals surface area contributed by atoms with Gasteiger partial charge < -0.3 is 19.1 Å². The summed E-state index contributed by atoms with van der Waals surface area (Å²) < 4.78 is 11.4. The lowest BCUT2D eigenvalue weighted by Crippen LogP contribution is -2.33. The molecule has 1 aromatic carbocycles. The maximum absolute atomic E-state index is 12.2. The number of aromatic nitrogens is 2. The Bertz CT molecular complexity index is 938. The molecule has 3 heterocycles. The first-order chi connectivity index (χ1) is 12.6. The normalized spacial score (nSPS) is 15.0. The van der Waals surface area contributed by atoms with E-state index >= 15 is 0 Å². The molecule has 1 fully saturated rings. The van der Waals surface area contributed by atoms with Gasteiger partial charge in [0.15, 0.2) is 5.76 Å². The largest absolute Gasteiger partial charge is 0.451 e. The van der Waals surface area contributed by atoms with Gasteiger partial charge in [0.2, 0.25) is 0 Å². The second kappa shape index (κ2) is 6.92. The van der Waals surface area contributed by atoms with Crippen LogP contribution in [-0.4, -0.2) is 47.2 Å². The van der Waals surface area contributed by atoms with E-state index in [-0.39, 0.29) is 17.7 Å². The van der Waals surface area contributed by atoms with Gasteiger partial charge in [0.25, 0.3) is 5.89 Å². The van der Waals surface area contributed by atoms with Crippen molar-refractivity contribution >= 4 is 16.9 Å². The molecule has 7 nitrogen and oxygen atoms in total. The number of furan rings is 1. The van der Waals surface area contributed by atoms with Crippen LogP contribution in [0.25, 0.3) is 22.6 Å². The molecule has 4 rings (SSSR count). The van der Waals surface area contributed by atoms with Crippen LogP contribution in [0.2, 0.25) is 0 Å². The highest BCUT2D eigenvalue weighted by Crippen LogP contribution is 2.32. The van der Waals surface area contributed by atoms with Crippen LogP contribution >= 0.6 is 0 Å². The molecular formula is C19H22N4O3. The molecule has 0 atom stereocenters. The third-order valence-corrected chi connectivity index (χ3v) is 4.82. The van der Waals surface area contributed by atoms with Crippen molar-refractivity contribution in [2.75, 3.05) is 26.2 Å². The summed E-state index contributed by atoms with van der Waals surface area (Å²) in [6.07, 6.45) is 2.47. The molecular weight excluding hydrogens is 332 g/mol. The van der Waals surface area contributed by atoms with Gasteiger partial charge in [-0.15, -0.1) is 10.2 Å². The van der Waals surface area contributed by atoms with Crippen molar-refractivity contribution < 1.29 is 13.6 Å². The molecule has 1 aliphatic heterocycles. The average molecular weight is 354 g/mol. The van der Waals surface area contributed by atoms with Gasteiger partial charge >= 0.3 is 11.8 Å². The predicted octanol–water partition coefficient (Wildman–Crippen LogP) is 2.93. The molecule has 26 heavy (non-hydrogen) atoms. The van der Waals surface area contributed by atoms with E-state index in [0.29, 0.717) is 12.3 Å². The number of nitrogens with zero attached hydrogens (tertiary/aromatic N) is 3. The molecule has 0 saturated carbocycles. The molecule has 0 spiro atoms. The Hall–Kier alpha value is -2.67. The topological polar surface area (TPSA) is 84.4 Å². The Morgan fingerprint density at radius 2 is 2.00 bits per heavy atom. The molecule has 1 amide bonds. The Morgan fingerprint density at radius 1 is 1.19 bits per heavy atom. The maximum atomic E-state index is 12.2. The lowest BCUT2D eigenvalue weighted by molar-refractivity contribution is 0.0915. The van der Waals surface area contributed by atoms with E-state index in [4.69, 9.17) is 8.83 Å². The molecule has 7 heteroatoms. The number of nitrogens with one attached hydrogen (secondary N) is 1. The first kappa shape index (κ1) is 16.8. The first-order valence-electron chi connectivity index (χ1n) is 8.96. The van der Waals surface area contributed by atoms with Gasteiger partial charge in [-0.1, -0.05) is 11.6 Å². The van der Waals surface area contributed by atoms with Crippen molar-refractivity contribution in [2.45, 2.75) is 26.7 Å². The molecule has 1 N–H and O–H groups in total. The van der Waals surface area contributed by atoms with Gasteiger partial charge in [-0.3, -0.25) is 4.79 Å². The van der Waals surface area contributed by atoms with Crippen molar-refractivity contribution in [3.8, 4) is 11.7 Å². The number of carbonyl (C=O) groups is 1. The lowest BCUT2D eigenvalue weighted by atomic mass is 10.1. The van der Waals surface area contributed by atoms with Crippen molar-refractivity contribution in [3.63, 3.8) is 0 Å². The summed E-state index contributed by atoms with van der Waals surface area (Å²) >= 11 is 0. The maximum Gasteiger partial charge on any atom is 0.308 e. The molecule has 2 aromatic heterocycles. The van der Waals surface area contributed by atoms with Gasteiger partial charge in [0.05, 0.1) is 0 Å². The summed E-state index contributed by atoms with van der Waals surface area (Å²) in [5.74, 6) is 0.334. The fourth-order valence-electron chi connectivity index (χ4n) is 3.35. The molecule has 1 saturated heterocycles. The number of benzene rings is 1. The highest BCUT2D eigenvalue weighted by molar-refractivity contribution is 5.90. The van der Waals surface area contributed by atoms with Crippen molar-refractivity contribution in [2.24, 2.45) is 0 Å². The molecule has 0 aliphatic carbocycles. The minimum Gasteiger partial charge on any atom is -0.451 e. The molecule has 1 aliphatic rings. The Kier molecular flexibility index (Phi) is 4.46. The van der Waals surface area contributed by atoms with Crippen LogP contribution in [0.3, 0.4) is 0 Å². The number of hydrogen-bond donors (Lipinski definition) is 1. The van der Waals surface area contributed by atoms with Crippen LogP contribution in [0.1, 0.15) is 34.7 Å². The summed E-state index contributed by atoms with van der Waals surface area (Å²) in [6.45, 7) is 7.59. The van der Waals surface area contributed by atoms with Crippen molar-refractivity contribution in [3.05, 3.63) is 35.2 Å². The highest BCUT2D eigenvalue weighted by atomic mass is 16.4. The molecule has 0 radical (unpaired) electrons. The lowest BCUT2D eigenvalue weighted by Gasteiger charge is -2.13. The minimum absolute atomic E-state index is 0.0440. The van der Waals surface area contributed by atoms with Crippen molar-refractivity contribution in [1.82, 2.24) is 20.4 Å². The fraction of sp³-hybridized carbons (Fsp3) is 0.421. The van der Waals surface area contributed by atoms with E-state index in [0.717, 1.165) is 41.7 Å². The van der Waals surface area contributed by atoms with Crippen LogP contribution in [0.15, 0.2) is 27.0 Å². The van der Waals surface area contributed by atoms with Crippen LogP contribution in [-0.2, 0) is 0 Å². The third-order valence-electron chi connectivity index (χ3n) is 4.82. The molecule has 136 valence electrons. The summed E-state index contributed by atoms with van der Waals surface area (Å²) in [7, 11) is 0. The Labute approximate surface area is 151 Å². The molecule has 0 bridgehead atoms. The first-order valence-corrected chi connectivity index (χ1v) is 8.96. The van der Waals surface area contributed by atoms with Gasteiger partial charge in [-0.25, -0.2) is 0 Å². The van der Waals surface area contributed by atoms with Crippen LogP contribution in [0.4, 0.5) is 0 Å². The second-order valence-electron chi connectivity index (χ2n) is 6.77. The summed E-state index contributed by atoms with van der Waals surface area (Å²) in [5.41, 5.74) is 2.84. The molecule has 3 aromatic rings. The number of likely N-dealkylation sites (tertiary alicyclic amines) is 1. The van der Waals surface area contributed by atoms with E-state index in [1.807, 2.05) is 26.0 Å². The predicted molar refractivity (Wildman–Crippen MR) is 97.0 cm³/mol. The SMILES string of the molecule is Cc1ccc2oc(-c3nnc(C(=O)NCCN4CCCC4)o3)c(C)c2c1. The third kappa shape index (κ3) is 3.22. The van der Waals surface area contributed by atoms with E-state index in [1.54, 1.807) is 0 Å². The second-order valence-corrected chi connectivity index (χ2v) is 6.77. The van der Waals surface area contributed by atoms with Crippen molar-refractivity contribution in [1.29, 1.82) is 0 Å². The highest BCUT2D eigenvalue weighted by Gasteiger charge is 2.21. The van der Waals surface area contributed by atoms with E-state index in [1.165, 1.54) is 12.8 Å². The number of fused-ring (bicyclic) bond motifs is 1. The van der Waals surface area contributed by atoms with Crippen LogP contribution in [0, 0.1) is 13.8 Å². The van der Waals surface area contributed by atoms with Gasteiger partial charge in [-0.05, 0) is 51.9 Å². The molecule has 0 unspecified atom stereocenters. The zero-order valence-corrected chi connectivity index (χ0v) is 15.0. The van der Waals surface area contributed by atoms with Gasteiger partial charge in [-0.2, -0.15) is 0 Å². The zero-order chi connectivity index (χ0) is 18.1.